The zero-order chi connectivity index (χ0) is 17.4. The van der Waals surface area contributed by atoms with Crippen LogP contribution in [0.25, 0.3) is 10.9 Å². The molecule has 0 bridgehead atoms. The van der Waals surface area contributed by atoms with Crippen LogP contribution in [0.15, 0.2) is 18.2 Å². The third-order valence-electron chi connectivity index (χ3n) is 4.81. The third-order valence-corrected chi connectivity index (χ3v) is 9.35. The molecule has 2 rings (SSSR count). The zero-order valence-corrected chi connectivity index (χ0v) is 16.0. The Hall–Kier alpha value is -1.59. The maximum absolute atomic E-state index is 11.8. The van der Waals surface area contributed by atoms with Crippen LogP contribution in [0.2, 0.25) is 18.1 Å². The minimum Gasteiger partial charge on any atom is -0.415 e. The fourth-order valence-corrected chi connectivity index (χ4v) is 3.41. The van der Waals surface area contributed by atoms with Gasteiger partial charge in [0, 0.05) is 17.4 Å². The van der Waals surface area contributed by atoms with Crippen LogP contribution in [0, 0.1) is 13.0 Å². The summed E-state index contributed by atoms with van der Waals surface area (Å²) in [6, 6.07) is 8.99. The molecule has 0 atom stereocenters. The average Bonchev–Trinajstić information content (AvgIpc) is 2.75. The molecule has 1 aromatic heterocycles. The summed E-state index contributed by atoms with van der Waals surface area (Å²) >= 11 is 0. The van der Waals surface area contributed by atoms with Gasteiger partial charge in [0.2, 0.25) is 0 Å². The van der Waals surface area contributed by atoms with Gasteiger partial charge in [-0.3, -0.25) is 4.79 Å². The van der Waals surface area contributed by atoms with Gasteiger partial charge in [-0.2, -0.15) is 0 Å². The van der Waals surface area contributed by atoms with Crippen LogP contribution < -0.4 is 5.73 Å². The Morgan fingerprint density at radius 2 is 2.00 bits per heavy atom. The normalized spacial score (nSPS) is 12.8. The number of aromatic nitrogens is 1. The smallest absolute Gasteiger partial charge is 0.265 e. The number of hydrogen-bond acceptors (Lipinski definition) is 2. The van der Waals surface area contributed by atoms with Gasteiger partial charge in [-0.1, -0.05) is 20.8 Å². The molecule has 1 heterocycles. The predicted molar refractivity (Wildman–Crippen MR) is 97.2 cm³/mol. The molecule has 0 aliphatic carbocycles. The van der Waals surface area contributed by atoms with Crippen molar-refractivity contribution >= 4 is 25.1 Å². The lowest BCUT2D eigenvalue weighted by Crippen LogP contribution is -2.41. The third kappa shape index (κ3) is 3.67. The number of carbonyl (C=O) groups is 1. The van der Waals surface area contributed by atoms with E-state index in [1.165, 1.54) is 0 Å². The number of hydrogen-bond donors (Lipinski definition) is 1. The van der Waals surface area contributed by atoms with E-state index in [9.17, 15) is 4.79 Å². The molecular weight excluding hydrogens is 304 g/mol. The molecule has 0 aliphatic heterocycles. The highest BCUT2D eigenvalue weighted by Gasteiger charge is 2.36. The fourth-order valence-electron chi connectivity index (χ4n) is 2.37. The lowest BCUT2D eigenvalue weighted by molar-refractivity contribution is 0.0991. The van der Waals surface area contributed by atoms with Crippen LogP contribution in [0.5, 0.6) is 0 Å². The van der Waals surface area contributed by atoms with Crippen molar-refractivity contribution < 1.29 is 9.22 Å². The Balaban J connectivity index is 2.26. The minimum atomic E-state index is -1.80. The van der Waals surface area contributed by atoms with Gasteiger partial charge in [0.1, 0.15) is 5.69 Å². The molecular formula is C18H27N2O2Si. The first-order valence-corrected chi connectivity index (χ1v) is 10.9. The van der Waals surface area contributed by atoms with Crippen molar-refractivity contribution in [2.24, 2.45) is 5.73 Å². The maximum Gasteiger partial charge on any atom is 0.265 e. The molecule has 0 fully saturated rings. The SMILES string of the molecule is Cc1[c]cc2c(c1)cc(C(N)=O)n2CCO[Si](C)(C)C(C)(C)C. The molecule has 125 valence electrons. The summed E-state index contributed by atoms with van der Waals surface area (Å²) in [6.45, 7) is 14.3. The second kappa shape index (κ2) is 6.13. The highest BCUT2D eigenvalue weighted by molar-refractivity contribution is 6.74. The van der Waals surface area contributed by atoms with Crippen molar-refractivity contribution in [1.82, 2.24) is 4.57 Å². The van der Waals surface area contributed by atoms with Gasteiger partial charge in [-0.15, -0.1) is 0 Å². The molecule has 0 unspecified atom stereocenters. The Morgan fingerprint density at radius 1 is 1.35 bits per heavy atom. The first kappa shape index (κ1) is 17.8. The van der Waals surface area contributed by atoms with Crippen LogP contribution in [0.3, 0.4) is 0 Å². The van der Waals surface area contributed by atoms with E-state index in [4.69, 9.17) is 10.2 Å². The van der Waals surface area contributed by atoms with E-state index in [2.05, 4.69) is 39.9 Å². The van der Waals surface area contributed by atoms with Crippen molar-refractivity contribution in [2.45, 2.75) is 52.4 Å². The highest BCUT2D eigenvalue weighted by Crippen LogP contribution is 2.36. The van der Waals surface area contributed by atoms with Crippen LogP contribution in [0.1, 0.15) is 36.8 Å². The number of amides is 1. The van der Waals surface area contributed by atoms with Crippen LogP contribution in [-0.2, 0) is 11.0 Å². The lowest BCUT2D eigenvalue weighted by Gasteiger charge is -2.36. The molecule has 4 nitrogen and oxygen atoms in total. The van der Waals surface area contributed by atoms with Crippen LogP contribution >= 0.6 is 0 Å². The van der Waals surface area contributed by atoms with E-state index in [1.807, 2.05) is 29.7 Å². The summed E-state index contributed by atoms with van der Waals surface area (Å²) in [5.74, 6) is -0.411. The molecule has 23 heavy (non-hydrogen) atoms. The maximum atomic E-state index is 11.8. The molecule has 0 saturated heterocycles. The number of aryl methyl sites for hydroxylation is 1. The first-order chi connectivity index (χ1) is 10.5. The summed E-state index contributed by atoms with van der Waals surface area (Å²) in [5.41, 5.74) is 8.09. The van der Waals surface area contributed by atoms with E-state index in [1.54, 1.807) is 0 Å². The van der Waals surface area contributed by atoms with Gasteiger partial charge < -0.3 is 14.7 Å². The standard InChI is InChI=1S/C18H27N2O2Si/c1-13-7-8-15-14(11-13)12-16(17(19)21)20(15)9-10-22-23(5,6)18(2,3)4/h8,11-12H,9-10H2,1-6H3,(H2,19,21). The Kier molecular flexibility index (Phi) is 4.73. The minimum absolute atomic E-state index is 0.170. The average molecular weight is 332 g/mol. The second-order valence-electron chi connectivity index (χ2n) is 7.61. The molecule has 1 amide bonds. The summed E-state index contributed by atoms with van der Waals surface area (Å²) in [5, 5.41) is 1.19. The Morgan fingerprint density at radius 3 is 2.57 bits per heavy atom. The van der Waals surface area contributed by atoms with Gasteiger partial charge in [0.05, 0.1) is 6.61 Å². The summed E-state index contributed by atoms with van der Waals surface area (Å²) < 4.78 is 8.18. The number of fused-ring (bicyclic) bond motifs is 1. The van der Waals surface area contributed by atoms with Gasteiger partial charge in [0.25, 0.3) is 5.91 Å². The molecule has 0 aliphatic rings. The van der Waals surface area contributed by atoms with Crippen molar-refractivity contribution in [3.05, 3.63) is 35.5 Å². The van der Waals surface area contributed by atoms with Crippen molar-refractivity contribution in [2.75, 3.05) is 6.61 Å². The molecule has 0 saturated carbocycles. The van der Waals surface area contributed by atoms with Crippen LogP contribution in [0.4, 0.5) is 0 Å². The molecule has 2 aromatic rings. The molecule has 1 radical (unpaired) electrons. The quantitative estimate of drug-likeness (QED) is 0.846. The highest BCUT2D eigenvalue weighted by atomic mass is 28.4. The molecule has 2 N–H and O–H groups in total. The number of rotatable bonds is 5. The molecule has 0 spiro atoms. The largest absolute Gasteiger partial charge is 0.415 e. The Bertz CT molecular complexity index is 726. The van der Waals surface area contributed by atoms with Gasteiger partial charge >= 0.3 is 0 Å². The number of nitrogens with two attached hydrogens (primary N) is 1. The zero-order valence-electron chi connectivity index (χ0n) is 15.0. The monoisotopic (exact) mass is 331 g/mol. The summed E-state index contributed by atoms with van der Waals surface area (Å²) in [7, 11) is -1.80. The Labute approximate surface area is 139 Å². The fraction of sp³-hybridized carbons (Fsp3) is 0.500. The summed E-state index contributed by atoms with van der Waals surface area (Å²) in [4.78, 5) is 11.8. The van der Waals surface area contributed by atoms with Gasteiger partial charge in [0.15, 0.2) is 8.32 Å². The second-order valence-corrected chi connectivity index (χ2v) is 12.4. The van der Waals surface area contributed by atoms with E-state index in [0.29, 0.717) is 18.8 Å². The van der Waals surface area contributed by atoms with E-state index >= 15 is 0 Å². The van der Waals surface area contributed by atoms with Gasteiger partial charge in [-0.05, 0) is 54.9 Å². The summed E-state index contributed by atoms with van der Waals surface area (Å²) in [6.07, 6.45) is 0. The number of benzene rings is 1. The number of primary amides is 1. The first-order valence-electron chi connectivity index (χ1n) is 7.98. The van der Waals surface area contributed by atoms with E-state index < -0.39 is 14.2 Å². The van der Waals surface area contributed by atoms with E-state index in [-0.39, 0.29) is 5.04 Å². The molecule has 1 aromatic carbocycles. The van der Waals surface area contributed by atoms with Crippen molar-refractivity contribution in [1.29, 1.82) is 0 Å². The lowest BCUT2D eigenvalue weighted by atomic mass is 10.2. The molecule has 5 heteroatoms. The van der Waals surface area contributed by atoms with Crippen LogP contribution in [-0.4, -0.2) is 25.4 Å². The number of carbonyl (C=O) groups excluding carboxylic acids is 1. The van der Waals surface area contributed by atoms with E-state index in [0.717, 1.165) is 16.5 Å². The van der Waals surface area contributed by atoms with Crippen molar-refractivity contribution in [3.63, 3.8) is 0 Å². The topological polar surface area (TPSA) is 57.2 Å². The van der Waals surface area contributed by atoms with Crippen molar-refractivity contribution in [3.8, 4) is 0 Å². The predicted octanol–water partition coefficient (Wildman–Crippen LogP) is 3.87. The van der Waals surface area contributed by atoms with Gasteiger partial charge in [-0.25, -0.2) is 0 Å². The number of nitrogens with zero attached hydrogens (tertiary/aromatic N) is 1.